The zero-order valence-electron chi connectivity index (χ0n) is 16.7. The number of nitrogens with one attached hydrogen (secondary N) is 1. The van der Waals surface area contributed by atoms with Crippen molar-refractivity contribution in [1.29, 1.82) is 0 Å². The quantitative estimate of drug-likeness (QED) is 0.517. The second-order valence-electron chi connectivity index (χ2n) is 7.48. The normalized spacial score (nSPS) is 19.9. The van der Waals surface area contributed by atoms with Crippen LogP contribution >= 0.6 is 23.2 Å². The number of anilines is 1. The Hall–Kier alpha value is -2.42. The average molecular weight is 468 g/mol. The fraction of sp³-hybridized carbons (Fsp3) is 0.333. The molecule has 2 aromatic heterocycles. The van der Waals surface area contributed by atoms with E-state index in [4.69, 9.17) is 33.7 Å². The molecule has 1 fully saturated rings. The van der Waals surface area contributed by atoms with Gasteiger partial charge in [0.25, 0.3) is 0 Å². The van der Waals surface area contributed by atoms with Crippen LogP contribution in [0.3, 0.4) is 0 Å². The first-order valence-corrected chi connectivity index (χ1v) is 10.5. The summed E-state index contributed by atoms with van der Waals surface area (Å²) in [6, 6.07) is 4.28. The van der Waals surface area contributed by atoms with Crippen molar-refractivity contribution in [3.05, 3.63) is 58.2 Å². The van der Waals surface area contributed by atoms with E-state index in [1.807, 2.05) is 6.20 Å². The van der Waals surface area contributed by atoms with Gasteiger partial charge in [0, 0.05) is 53.6 Å². The largest absolute Gasteiger partial charge is 0.482 e. The van der Waals surface area contributed by atoms with Crippen molar-refractivity contribution < 1.29 is 13.5 Å². The third-order valence-electron chi connectivity index (χ3n) is 5.25. The zero-order valence-corrected chi connectivity index (χ0v) is 18.2. The van der Waals surface area contributed by atoms with Gasteiger partial charge in [-0.1, -0.05) is 23.2 Å². The summed E-state index contributed by atoms with van der Waals surface area (Å²) in [5.74, 6) is -0.114. The smallest absolute Gasteiger partial charge is 0.166 e. The van der Waals surface area contributed by atoms with Crippen LogP contribution < -0.4 is 15.8 Å². The molecule has 4 rings (SSSR count). The van der Waals surface area contributed by atoms with E-state index in [9.17, 15) is 8.78 Å². The van der Waals surface area contributed by atoms with E-state index in [-0.39, 0.29) is 21.9 Å². The summed E-state index contributed by atoms with van der Waals surface area (Å²) in [7, 11) is 0. The first kappa shape index (κ1) is 21.8. The number of ether oxygens (including phenoxy) is 1. The maximum absolute atomic E-state index is 13.9. The van der Waals surface area contributed by atoms with E-state index in [0.717, 1.165) is 11.1 Å². The maximum atomic E-state index is 13.9. The van der Waals surface area contributed by atoms with Gasteiger partial charge >= 0.3 is 0 Å². The van der Waals surface area contributed by atoms with Gasteiger partial charge in [0.05, 0.1) is 17.3 Å². The van der Waals surface area contributed by atoms with Crippen LogP contribution in [0.25, 0.3) is 11.1 Å². The molecule has 0 bridgehead atoms. The molecule has 3 heterocycles. The second-order valence-corrected chi connectivity index (χ2v) is 8.26. The number of nitrogens with zero attached hydrogens (tertiary/aromatic N) is 3. The Morgan fingerprint density at radius 2 is 2.06 bits per heavy atom. The molecular weight excluding hydrogens is 447 g/mol. The minimum atomic E-state index is -0.896. The molecule has 3 N–H and O–H groups in total. The van der Waals surface area contributed by atoms with Crippen molar-refractivity contribution in [2.24, 2.45) is 0 Å². The van der Waals surface area contributed by atoms with E-state index >= 15 is 0 Å². The van der Waals surface area contributed by atoms with Crippen LogP contribution in [0, 0.1) is 5.82 Å². The van der Waals surface area contributed by atoms with Crippen LogP contribution in [-0.2, 0) is 0 Å². The number of aromatic nitrogens is 3. The molecule has 164 valence electrons. The molecule has 0 saturated carbocycles. The number of pyridine rings is 1. The highest BCUT2D eigenvalue weighted by Crippen LogP contribution is 2.37. The lowest BCUT2D eigenvalue weighted by Gasteiger charge is -2.25. The van der Waals surface area contributed by atoms with Gasteiger partial charge < -0.3 is 15.8 Å². The molecule has 0 amide bonds. The summed E-state index contributed by atoms with van der Waals surface area (Å²) in [6.07, 6.45) is 3.97. The number of benzene rings is 1. The maximum Gasteiger partial charge on any atom is 0.166 e. The Kier molecular flexibility index (Phi) is 6.31. The number of piperidine rings is 1. The first-order chi connectivity index (χ1) is 14.8. The molecule has 3 atom stereocenters. The monoisotopic (exact) mass is 467 g/mol. The molecule has 3 unspecified atom stereocenters. The van der Waals surface area contributed by atoms with Crippen LogP contribution in [0.15, 0.2) is 36.8 Å². The predicted molar refractivity (Wildman–Crippen MR) is 117 cm³/mol. The lowest BCUT2D eigenvalue weighted by molar-refractivity contribution is 0.208. The molecule has 1 saturated heterocycles. The van der Waals surface area contributed by atoms with Crippen molar-refractivity contribution in [3.8, 4) is 16.9 Å². The molecule has 1 aliphatic heterocycles. The predicted octanol–water partition coefficient (Wildman–Crippen LogP) is 4.99. The summed E-state index contributed by atoms with van der Waals surface area (Å²) >= 11 is 12.3. The minimum Gasteiger partial charge on any atom is -0.482 e. The summed E-state index contributed by atoms with van der Waals surface area (Å²) in [5.41, 5.74) is 7.82. The average Bonchev–Trinajstić information content (AvgIpc) is 3.23. The zero-order chi connectivity index (χ0) is 22.1. The lowest BCUT2D eigenvalue weighted by Crippen LogP contribution is -2.38. The molecule has 1 aliphatic rings. The van der Waals surface area contributed by atoms with E-state index in [1.165, 1.54) is 12.1 Å². The highest BCUT2D eigenvalue weighted by Gasteiger charge is 2.24. The summed E-state index contributed by atoms with van der Waals surface area (Å²) in [4.78, 5) is 4.20. The topological polar surface area (TPSA) is 78.0 Å². The van der Waals surface area contributed by atoms with Gasteiger partial charge in [-0.05, 0) is 25.1 Å². The fourth-order valence-electron chi connectivity index (χ4n) is 3.63. The molecular formula is C21H21Cl2F2N5O. The Bertz CT molecular complexity index is 1090. The molecule has 1 aromatic carbocycles. The number of nitrogens with two attached hydrogens (primary N) is 1. The lowest BCUT2D eigenvalue weighted by atomic mass is 10.1. The molecule has 0 spiro atoms. The number of hydrogen-bond donors (Lipinski definition) is 2. The molecule has 6 nitrogen and oxygen atoms in total. The Morgan fingerprint density at radius 1 is 1.26 bits per heavy atom. The third kappa shape index (κ3) is 4.61. The van der Waals surface area contributed by atoms with E-state index in [2.05, 4.69) is 15.4 Å². The van der Waals surface area contributed by atoms with Gasteiger partial charge in [0.2, 0.25) is 0 Å². The molecule has 0 radical (unpaired) electrons. The summed E-state index contributed by atoms with van der Waals surface area (Å²) in [6.45, 7) is 2.72. The van der Waals surface area contributed by atoms with Crippen molar-refractivity contribution in [1.82, 2.24) is 20.1 Å². The van der Waals surface area contributed by atoms with Gasteiger partial charge in [-0.15, -0.1) is 0 Å². The van der Waals surface area contributed by atoms with E-state index in [0.29, 0.717) is 30.8 Å². The van der Waals surface area contributed by atoms with Crippen LogP contribution in [-0.4, -0.2) is 34.0 Å². The van der Waals surface area contributed by atoms with Crippen LogP contribution in [0.4, 0.5) is 14.6 Å². The number of alkyl halides is 1. The Morgan fingerprint density at radius 3 is 2.84 bits per heavy atom. The minimum absolute atomic E-state index is 0.0627. The Balaban J connectivity index is 1.58. The highest BCUT2D eigenvalue weighted by molar-refractivity contribution is 6.36. The first-order valence-electron chi connectivity index (χ1n) is 9.78. The van der Waals surface area contributed by atoms with Crippen molar-refractivity contribution in [3.63, 3.8) is 0 Å². The number of nitrogen functional groups attached to an aromatic ring is 1. The summed E-state index contributed by atoms with van der Waals surface area (Å²) < 4.78 is 35.3. The number of hydrogen-bond acceptors (Lipinski definition) is 5. The van der Waals surface area contributed by atoms with Gasteiger partial charge in [-0.2, -0.15) is 5.10 Å². The highest BCUT2D eigenvalue weighted by atomic mass is 35.5. The van der Waals surface area contributed by atoms with Gasteiger partial charge in [0.1, 0.15) is 18.1 Å². The van der Waals surface area contributed by atoms with Gasteiger partial charge in [-0.25, -0.2) is 13.8 Å². The summed E-state index contributed by atoms with van der Waals surface area (Å²) in [5, 5.41) is 7.63. The van der Waals surface area contributed by atoms with Crippen LogP contribution in [0.2, 0.25) is 10.0 Å². The van der Waals surface area contributed by atoms with Crippen LogP contribution in [0.5, 0.6) is 5.75 Å². The van der Waals surface area contributed by atoms with E-state index < -0.39 is 18.1 Å². The molecule has 0 aliphatic carbocycles. The standard InChI is InChI=1S/C21H21Cl2F2N5O/c1-11(19-16(22)2-3-17(25)20(19)23)31-18-4-12(6-28-21(18)26)13-7-29-30(10-13)15-5-14(24)8-27-9-15/h2-4,6-7,10-11,14-15,27H,5,8-9H2,1H3,(H2,26,28). The number of rotatable bonds is 5. The second kappa shape index (κ2) is 8.98. The molecule has 31 heavy (non-hydrogen) atoms. The van der Waals surface area contributed by atoms with Crippen LogP contribution in [0.1, 0.15) is 31.1 Å². The van der Waals surface area contributed by atoms with Gasteiger partial charge in [-0.3, -0.25) is 4.68 Å². The fourth-order valence-corrected chi connectivity index (χ4v) is 4.31. The molecule has 10 heteroatoms. The van der Waals surface area contributed by atoms with E-state index in [1.54, 1.807) is 30.1 Å². The van der Waals surface area contributed by atoms with Crippen molar-refractivity contribution in [2.75, 3.05) is 18.8 Å². The third-order valence-corrected chi connectivity index (χ3v) is 5.97. The van der Waals surface area contributed by atoms with Gasteiger partial charge in [0.15, 0.2) is 11.6 Å². The molecule has 3 aromatic rings. The van der Waals surface area contributed by atoms with Crippen molar-refractivity contribution in [2.45, 2.75) is 31.7 Å². The number of halogens is 4. The van der Waals surface area contributed by atoms with Crippen molar-refractivity contribution >= 4 is 29.0 Å². The Labute approximate surface area is 188 Å². The SMILES string of the molecule is CC(Oc1cc(-c2cnn(C3CNCC(F)C3)c2)cnc1N)c1c(Cl)ccc(F)c1Cl.